The summed E-state index contributed by atoms with van der Waals surface area (Å²) in [7, 11) is 1.67. The molecule has 0 aliphatic carbocycles. The van der Waals surface area contributed by atoms with E-state index in [0.29, 0.717) is 12.6 Å². The fourth-order valence-electron chi connectivity index (χ4n) is 1.39. The van der Waals surface area contributed by atoms with Crippen LogP contribution in [0.5, 0.6) is 0 Å². The van der Waals surface area contributed by atoms with E-state index in [1.807, 2.05) is 18.2 Å². The summed E-state index contributed by atoms with van der Waals surface area (Å²) in [5, 5.41) is 3.01. The number of nitrogens with one attached hydrogen (secondary N) is 1. The van der Waals surface area contributed by atoms with Gasteiger partial charge in [-0.05, 0) is 18.4 Å². The SMILES string of the molecule is CN=C(N)NCCCCOCc1ccccc1. The minimum Gasteiger partial charge on any atom is -0.377 e. The maximum atomic E-state index is 5.56. The topological polar surface area (TPSA) is 59.6 Å². The number of benzene rings is 1. The van der Waals surface area contributed by atoms with E-state index < -0.39 is 0 Å². The van der Waals surface area contributed by atoms with Gasteiger partial charge >= 0.3 is 0 Å². The zero-order valence-electron chi connectivity index (χ0n) is 10.4. The number of hydrogen-bond acceptors (Lipinski definition) is 2. The Morgan fingerprint density at radius 3 is 2.76 bits per heavy atom. The number of unbranched alkanes of at least 4 members (excludes halogenated alkanes) is 1. The van der Waals surface area contributed by atoms with Gasteiger partial charge in [0.2, 0.25) is 0 Å². The number of aliphatic imine (C=N–C) groups is 1. The van der Waals surface area contributed by atoms with E-state index in [-0.39, 0.29) is 0 Å². The second-order valence-electron chi connectivity index (χ2n) is 3.78. The van der Waals surface area contributed by atoms with Crippen molar-refractivity contribution >= 4 is 5.96 Å². The first-order valence-corrected chi connectivity index (χ1v) is 5.90. The average Bonchev–Trinajstić information content (AvgIpc) is 2.38. The number of nitrogens with two attached hydrogens (primary N) is 1. The standard InChI is InChI=1S/C13H21N3O/c1-15-13(14)16-9-5-6-10-17-11-12-7-3-2-4-8-12/h2-4,7-8H,5-6,9-11H2,1H3,(H3,14,15,16). The largest absolute Gasteiger partial charge is 0.377 e. The van der Waals surface area contributed by atoms with Crippen molar-refractivity contribution in [1.29, 1.82) is 0 Å². The zero-order chi connectivity index (χ0) is 12.3. The molecule has 0 spiro atoms. The highest BCUT2D eigenvalue weighted by atomic mass is 16.5. The highest BCUT2D eigenvalue weighted by molar-refractivity contribution is 5.77. The van der Waals surface area contributed by atoms with Crippen molar-refractivity contribution in [2.75, 3.05) is 20.2 Å². The summed E-state index contributed by atoms with van der Waals surface area (Å²) in [6, 6.07) is 10.2. The van der Waals surface area contributed by atoms with Gasteiger partial charge in [0, 0.05) is 20.2 Å². The third-order valence-corrected chi connectivity index (χ3v) is 2.37. The third kappa shape index (κ3) is 6.58. The maximum absolute atomic E-state index is 5.56. The Balaban J connectivity index is 1.95. The molecule has 17 heavy (non-hydrogen) atoms. The Bertz CT molecular complexity index is 325. The summed E-state index contributed by atoms with van der Waals surface area (Å²) in [4.78, 5) is 3.81. The van der Waals surface area contributed by atoms with Crippen molar-refractivity contribution in [1.82, 2.24) is 5.32 Å². The van der Waals surface area contributed by atoms with Gasteiger partial charge in [-0.25, -0.2) is 0 Å². The first-order chi connectivity index (χ1) is 8.33. The predicted molar refractivity (Wildman–Crippen MR) is 70.9 cm³/mol. The lowest BCUT2D eigenvalue weighted by Gasteiger charge is -2.06. The molecule has 0 unspecified atom stereocenters. The highest BCUT2D eigenvalue weighted by Gasteiger charge is 1.93. The molecule has 4 nitrogen and oxygen atoms in total. The molecule has 1 rings (SSSR count). The first-order valence-electron chi connectivity index (χ1n) is 5.90. The molecule has 0 bridgehead atoms. The number of guanidine groups is 1. The van der Waals surface area contributed by atoms with Crippen molar-refractivity contribution in [3.05, 3.63) is 35.9 Å². The number of rotatable bonds is 7. The van der Waals surface area contributed by atoms with Gasteiger partial charge in [0.15, 0.2) is 5.96 Å². The third-order valence-electron chi connectivity index (χ3n) is 2.37. The number of hydrogen-bond donors (Lipinski definition) is 2. The molecule has 0 heterocycles. The van der Waals surface area contributed by atoms with Crippen LogP contribution in [0.15, 0.2) is 35.3 Å². The molecule has 94 valence electrons. The van der Waals surface area contributed by atoms with Crippen molar-refractivity contribution in [2.24, 2.45) is 10.7 Å². The molecular weight excluding hydrogens is 214 g/mol. The molecule has 1 aromatic rings. The summed E-state index contributed by atoms with van der Waals surface area (Å²) < 4.78 is 5.56. The number of nitrogens with zero attached hydrogens (tertiary/aromatic N) is 1. The van der Waals surface area contributed by atoms with E-state index in [9.17, 15) is 0 Å². The van der Waals surface area contributed by atoms with Crippen LogP contribution in [0.4, 0.5) is 0 Å². The molecule has 0 atom stereocenters. The molecule has 0 saturated heterocycles. The van der Waals surface area contributed by atoms with Gasteiger partial charge in [-0.1, -0.05) is 30.3 Å². The first kappa shape index (κ1) is 13.5. The lowest BCUT2D eigenvalue weighted by molar-refractivity contribution is 0.117. The molecule has 0 amide bonds. The fourth-order valence-corrected chi connectivity index (χ4v) is 1.39. The van der Waals surface area contributed by atoms with Crippen LogP contribution in [-0.4, -0.2) is 26.2 Å². The van der Waals surface area contributed by atoms with Crippen molar-refractivity contribution in [2.45, 2.75) is 19.4 Å². The Labute approximate surface area is 103 Å². The molecule has 0 aliphatic rings. The van der Waals surface area contributed by atoms with Crippen LogP contribution in [0.2, 0.25) is 0 Å². The van der Waals surface area contributed by atoms with E-state index in [2.05, 4.69) is 22.4 Å². The van der Waals surface area contributed by atoms with Crippen LogP contribution in [0.1, 0.15) is 18.4 Å². The number of ether oxygens (including phenoxy) is 1. The molecule has 0 aromatic heterocycles. The van der Waals surface area contributed by atoms with Gasteiger partial charge < -0.3 is 15.8 Å². The van der Waals surface area contributed by atoms with Gasteiger partial charge in [0.1, 0.15) is 0 Å². The highest BCUT2D eigenvalue weighted by Crippen LogP contribution is 2.01. The van der Waals surface area contributed by atoms with Crippen LogP contribution in [0.25, 0.3) is 0 Å². The van der Waals surface area contributed by atoms with Crippen LogP contribution >= 0.6 is 0 Å². The summed E-state index contributed by atoms with van der Waals surface area (Å²) in [6.07, 6.45) is 2.06. The summed E-state index contributed by atoms with van der Waals surface area (Å²) in [6.45, 7) is 2.31. The Morgan fingerprint density at radius 1 is 1.29 bits per heavy atom. The van der Waals surface area contributed by atoms with Gasteiger partial charge in [-0.15, -0.1) is 0 Å². The normalized spacial score (nSPS) is 11.5. The second kappa shape index (κ2) is 8.58. The molecule has 0 radical (unpaired) electrons. The molecule has 0 fully saturated rings. The lowest BCUT2D eigenvalue weighted by Crippen LogP contribution is -2.32. The monoisotopic (exact) mass is 235 g/mol. The van der Waals surface area contributed by atoms with E-state index >= 15 is 0 Å². The summed E-state index contributed by atoms with van der Waals surface area (Å²) >= 11 is 0. The maximum Gasteiger partial charge on any atom is 0.188 e. The van der Waals surface area contributed by atoms with Crippen molar-refractivity contribution < 1.29 is 4.74 Å². The average molecular weight is 235 g/mol. The molecule has 1 aromatic carbocycles. The Morgan fingerprint density at radius 2 is 2.06 bits per heavy atom. The van der Waals surface area contributed by atoms with Crippen molar-refractivity contribution in [3.8, 4) is 0 Å². The molecule has 0 saturated carbocycles. The van der Waals surface area contributed by atoms with E-state index in [0.717, 1.165) is 26.0 Å². The van der Waals surface area contributed by atoms with E-state index in [4.69, 9.17) is 10.5 Å². The Hall–Kier alpha value is -1.55. The van der Waals surface area contributed by atoms with Crippen LogP contribution in [-0.2, 0) is 11.3 Å². The molecule has 4 heteroatoms. The van der Waals surface area contributed by atoms with Crippen LogP contribution in [0, 0.1) is 0 Å². The van der Waals surface area contributed by atoms with Gasteiger partial charge in [0.25, 0.3) is 0 Å². The smallest absolute Gasteiger partial charge is 0.188 e. The van der Waals surface area contributed by atoms with Gasteiger partial charge in [-0.2, -0.15) is 0 Å². The minimum absolute atomic E-state index is 0.496. The minimum atomic E-state index is 0.496. The summed E-state index contributed by atoms with van der Waals surface area (Å²) in [5.41, 5.74) is 6.71. The summed E-state index contributed by atoms with van der Waals surface area (Å²) in [5.74, 6) is 0.496. The second-order valence-corrected chi connectivity index (χ2v) is 3.78. The van der Waals surface area contributed by atoms with E-state index in [1.165, 1.54) is 5.56 Å². The van der Waals surface area contributed by atoms with E-state index in [1.54, 1.807) is 7.05 Å². The van der Waals surface area contributed by atoms with Crippen LogP contribution in [0.3, 0.4) is 0 Å². The van der Waals surface area contributed by atoms with Crippen LogP contribution < -0.4 is 11.1 Å². The van der Waals surface area contributed by atoms with Crippen molar-refractivity contribution in [3.63, 3.8) is 0 Å². The van der Waals surface area contributed by atoms with Gasteiger partial charge in [0.05, 0.1) is 6.61 Å². The predicted octanol–water partition coefficient (Wildman–Crippen LogP) is 1.52. The molecular formula is C13H21N3O. The quantitative estimate of drug-likeness (QED) is 0.428. The lowest BCUT2D eigenvalue weighted by atomic mass is 10.2. The molecule has 3 N–H and O–H groups in total. The van der Waals surface area contributed by atoms with Gasteiger partial charge in [-0.3, -0.25) is 4.99 Å². The Kier molecular flexibility index (Phi) is 6.82. The zero-order valence-corrected chi connectivity index (χ0v) is 10.4. The molecule has 0 aliphatic heterocycles. The fraction of sp³-hybridized carbons (Fsp3) is 0.462.